The number of likely N-dealkylation sites (tertiary alicyclic amines) is 1. The maximum Gasteiger partial charge on any atom is 0.416 e. The van der Waals surface area contributed by atoms with E-state index in [0.29, 0.717) is 33.4 Å². The van der Waals surface area contributed by atoms with Crippen LogP contribution in [0.5, 0.6) is 0 Å². The minimum absolute atomic E-state index is 0.136. The van der Waals surface area contributed by atoms with Crippen molar-refractivity contribution in [2.75, 3.05) is 13.1 Å². The highest BCUT2D eigenvalue weighted by Crippen LogP contribution is 2.39. The molecule has 7 nitrogen and oxygen atoms in total. The number of nitrogens with two attached hydrogens (primary N) is 1. The molecule has 2 N–H and O–H groups in total. The third-order valence-corrected chi connectivity index (χ3v) is 6.28. The van der Waals surface area contributed by atoms with Crippen molar-refractivity contribution in [3.8, 4) is 22.4 Å². The average Bonchev–Trinajstić information content (AvgIpc) is 3.22. The zero-order valence-corrected chi connectivity index (χ0v) is 19.2. The van der Waals surface area contributed by atoms with Gasteiger partial charge in [0.15, 0.2) is 5.83 Å². The van der Waals surface area contributed by atoms with Crippen LogP contribution in [0.2, 0.25) is 0 Å². The molecule has 0 aliphatic carbocycles. The first-order valence-corrected chi connectivity index (χ1v) is 11.1. The maximum atomic E-state index is 13.4. The molecule has 37 heavy (non-hydrogen) atoms. The van der Waals surface area contributed by atoms with E-state index in [1.165, 1.54) is 23.2 Å². The Morgan fingerprint density at radius 2 is 1.68 bits per heavy atom. The number of nitrogens with zero attached hydrogens (tertiary/aromatic N) is 4. The van der Waals surface area contributed by atoms with Gasteiger partial charge in [-0.1, -0.05) is 36.9 Å². The molecule has 5 rings (SSSR count). The first kappa shape index (κ1) is 24.2. The number of pyridine rings is 1. The summed E-state index contributed by atoms with van der Waals surface area (Å²) in [6, 6.07) is 12.6. The lowest BCUT2D eigenvalue weighted by molar-refractivity contribution is -0.137. The molecule has 0 bridgehead atoms. The molecule has 3 heterocycles. The molecular formula is C26H19F4N5O2. The number of benzene rings is 2. The van der Waals surface area contributed by atoms with E-state index in [-0.39, 0.29) is 24.7 Å². The zero-order chi connectivity index (χ0) is 26.5. The Hall–Kier alpha value is -4.54. The summed E-state index contributed by atoms with van der Waals surface area (Å²) < 4.78 is 54.3. The molecule has 2 aromatic carbocycles. The quantitative estimate of drug-likeness (QED) is 0.310. The van der Waals surface area contributed by atoms with Gasteiger partial charge in [-0.3, -0.25) is 19.3 Å². The second-order valence-corrected chi connectivity index (χ2v) is 8.60. The number of amides is 2. The van der Waals surface area contributed by atoms with Crippen LogP contribution in [-0.2, 0) is 11.0 Å². The topological polar surface area (TPSA) is 94.1 Å². The fraction of sp³-hybridized carbons (Fsp3) is 0.154. The van der Waals surface area contributed by atoms with Gasteiger partial charge in [0.1, 0.15) is 11.2 Å². The number of halogens is 4. The Morgan fingerprint density at radius 1 is 1.00 bits per heavy atom. The van der Waals surface area contributed by atoms with Crippen LogP contribution in [0, 0.1) is 0 Å². The normalized spacial score (nSPS) is 14.0. The van der Waals surface area contributed by atoms with Crippen molar-refractivity contribution in [1.82, 2.24) is 19.7 Å². The number of carbonyl (C=O) groups excluding carboxylic acids is 2. The summed E-state index contributed by atoms with van der Waals surface area (Å²) in [6.07, 6.45) is -2.98. The molecule has 4 aromatic rings. The van der Waals surface area contributed by atoms with Gasteiger partial charge in [-0.05, 0) is 29.8 Å². The van der Waals surface area contributed by atoms with Crippen LogP contribution >= 0.6 is 0 Å². The second-order valence-electron chi connectivity index (χ2n) is 8.60. The number of rotatable bonds is 5. The van der Waals surface area contributed by atoms with E-state index in [4.69, 9.17) is 5.73 Å². The van der Waals surface area contributed by atoms with Crippen molar-refractivity contribution in [1.29, 1.82) is 0 Å². The van der Waals surface area contributed by atoms with Crippen LogP contribution in [0.15, 0.2) is 73.2 Å². The highest BCUT2D eigenvalue weighted by molar-refractivity contribution is 6.06. The van der Waals surface area contributed by atoms with E-state index in [2.05, 4.69) is 16.7 Å². The largest absolute Gasteiger partial charge is 0.416 e. The van der Waals surface area contributed by atoms with E-state index in [1.807, 2.05) is 0 Å². The molecule has 11 heteroatoms. The highest BCUT2D eigenvalue weighted by Gasteiger charge is 2.36. The Kier molecular flexibility index (Phi) is 5.77. The van der Waals surface area contributed by atoms with Gasteiger partial charge < -0.3 is 10.6 Å². The van der Waals surface area contributed by atoms with Crippen LogP contribution in [-0.4, -0.2) is 44.6 Å². The first-order valence-electron chi connectivity index (χ1n) is 11.1. The molecule has 1 aliphatic rings. The molecule has 1 saturated heterocycles. The van der Waals surface area contributed by atoms with E-state index in [9.17, 15) is 27.2 Å². The Morgan fingerprint density at radius 3 is 2.30 bits per heavy atom. The monoisotopic (exact) mass is 509 g/mol. The van der Waals surface area contributed by atoms with Crippen molar-refractivity contribution in [2.24, 2.45) is 5.73 Å². The molecule has 0 unspecified atom stereocenters. The van der Waals surface area contributed by atoms with Crippen molar-refractivity contribution in [3.05, 3.63) is 84.3 Å². The van der Waals surface area contributed by atoms with Crippen LogP contribution in [0.25, 0.3) is 33.4 Å². The van der Waals surface area contributed by atoms with Crippen molar-refractivity contribution < 1.29 is 27.2 Å². The van der Waals surface area contributed by atoms with Crippen LogP contribution in [0.3, 0.4) is 0 Å². The zero-order valence-electron chi connectivity index (χ0n) is 19.2. The molecule has 2 aromatic heterocycles. The summed E-state index contributed by atoms with van der Waals surface area (Å²) >= 11 is 0. The van der Waals surface area contributed by atoms with Gasteiger partial charge in [-0.2, -0.15) is 18.3 Å². The average molecular weight is 509 g/mol. The minimum atomic E-state index is -4.49. The lowest BCUT2D eigenvalue weighted by Gasteiger charge is -2.39. The van der Waals surface area contributed by atoms with Crippen LogP contribution < -0.4 is 5.73 Å². The third kappa shape index (κ3) is 4.22. The number of carbonyl (C=O) groups is 2. The minimum Gasteiger partial charge on any atom is -0.366 e. The Bertz CT molecular complexity index is 1550. The van der Waals surface area contributed by atoms with Gasteiger partial charge in [0, 0.05) is 36.0 Å². The van der Waals surface area contributed by atoms with Crippen LogP contribution in [0.4, 0.5) is 17.6 Å². The van der Waals surface area contributed by atoms with E-state index >= 15 is 0 Å². The molecule has 2 amide bonds. The molecule has 1 aliphatic heterocycles. The summed E-state index contributed by atoms with van der Waals surface area (Å²) in [5, 5.41) is 4.68. The number of hydrogen-bond acceptors (Lipinski definition) is 4. The first-order chi connectivity index (χ1) is 17.6. The van der Waals surface area contributed by atoms with Gasteiger partial charge in [-0.15, -0.1) is 0 Å². The van der Waals surface area contributed by atoms with Crippen molar-refractivity contribution in [3.63, 3.8) is 0 Å². The predicted molar refractivity (Wildman–Crippen MR) is 128 cm³/mol. The number of aromatic nitrogens is 3. The molecule has 0 radical (unpaired) electrons. The SMILES string of the molecule is C=C(F)C(=O)N1CC(n2nc(-c3ccc(C(F)(F)F)cc3)c3nccc(-c4ccccc4C(N)=O)c32)C1. The third-order valence-electron chi connectivity index (χ3n) is 6.28. The molecular weight excluding hydrogens is 490 g/mol. The molecule has 1 fully saturated rings. The number of primary amides is 1. The fourth-order valence-corrected chi connectivity index (χ4v) is 4.44. The number of alkyl halides is 3. The number of fused-ring (bicyclic) bond motifs is 1. The van der Waals surface area contributed by atoms with E-state index in [0.717, 1.165) is 12.1 Å². The maximum absolute atomic E-state index is 13.4. The van der Waals surface area contributed by atoms with Crippen molar-refractivity contribution >= 4 is 22.8 Å². The van der Waals surface area contributed by atoms with Gasteiger partial charge >= 0.3 is 6.18 Å². The second kappa shape index (κ2) is 8.84. The lowest BCUT2D eigenvalue weighted by Crippen LogP contribution is -2.51. The van der Waals surface area contributed by atoms with Gasteiger partial charge in [-0.25, -0.2) is 4.39 Å². The Balaban J connectivity index is 1.69. The summed E-state index contributed by atoms with van der Waals surface area (Å²) in [5.74, 6) is -2.54. The molecule has 0 spiro atoms. The van der Waals surface area contributed by atoms with E-state index < -0.39 is 29.4 Å². The van der Waals surface area contributed by atoms with Crippen LogP contribution in [0.1, 0.15) is 22.0 Å². The highest BCUT2D eigenvalue weighted by atomic mass is 19.4. The molecule has 0 saturated carbocycles. The Labute approximate surface area is 207 Å². The smallest absolute Gasteiger partial charge is 0.366 e. The predicted octanol–water partition coefficient (Wildman–Crippen LogP) is 4.75. The van der Waals surface area contributed by atoms with Gasteiger partial charge in [0.05, 0.1) is 17.1 Å². The molecule has 0 atom stereocenters. The summed E-state index contributed by atoms with van der Waals surface area (Å²) in [5.41, 5.74) is 7.76. The fourth-order valence-electron chi connectivity index (χ4n) is 4.44. The summed E-state index contributed by atoms with van der Waals surface area (Å²) in [6.45, 7) is 3.31. The summed E-state index contributed by atoms with van der Waals surface area (Å²) in [4.78, 5) is 29.8. The van der Waals surface area contributed by atoms with E-state index in [1.54, 1.807) is 35.0 Å². The number of hydrogen-bond donors (Lipinski definition) is 1. The van der Waals surface area contributed by atoms with Crippen molar-refractivity contribution in [2.45, 2.75) is 12.2 Å². The standard InChI is InChI=1S/C26H19F4N5O2/c1-14(27)25(37)34-12-17(13-34)35-23-19(18-4-2-3-5-20(18)24(31)36)10-11-32-22(23)21(33-35)15-6-8-16(9-7-15)26(28,29)30/h2-11,17H,1,12-13H2,(H2,31,36). The summed E-state index contributed by atoms with van der Waals surface area (Å²) in [7, 11) is 0. The molecule has 188 valence electrons. The van der Waals surface area contributed by atoms with Gasteiger partial charge in [0.25, 0.3) is 5.91 Å². The lowest BCUT2D eigenvalue weighted by atomic mass is 9.97. The van der Waals surface area contributed by atoms with Gasteiger partial charge in [0.2, 0.25) is 5.91 Å².